The van der Waals surface area contributed by atoms with E-state index >= 15 is 0 Å². The largest absolute Gasteiger partial charge is 0.326 e. The molecule has 0 radical (unpaired) electrons. The van der Waals surface area contributed by atoms with Crippen LogP contribution in [0.15, 0.2) is 24.3 Å². The van der Waals surface area contributed by atoms with E-state index in [1.54, 1.807) is 12.1 Å². The lowest BCUT2D eigenvalue weighted by Crippen LogP contribution is -2.18. The van der Waals surface area contributed by atoms with Gasteiger partial charge < -0.3 is 5.32 Å². The number of nitro groups is 1. The number of non-ortho nitro benzene ring substituents is 1. The Balaban J connectivity index is 1.85. The van der Waals surface area contributed by atoms with Crippen LogP contribution in [0.1, 0.15) is 38.5 Å². The van der Waals surface area contributed by atoms with Gasteiger partial charge in [0.25, 0.3) is 5.69 Å². The van der Waals surface area contributed by atoms with E-state index in [4.69, 9.17) is 0 Å². The van der Waals surface area contributed by atoms with Gasteiger partial charge in [-0.15, -0.1) is 0 Å². The molecule has 5 heteroatoms. The van der Waals surface area contributed by atoms with Gasteiger partial charge in [0.1, 0.15) is 0 Å². The maximum absolute atomic E-state index is 11.9. The first kappa shape index (κ1) is 13.5. The number of amides is 1. The van der Waals surface area contributed by atoms with Crippen molar-refractivity contribution >= 4 is 17.3 Å². The number of nitrogens with zero attached hydrogens (tertiary/aromatic N) is 1. The number of benzene rings is 1. The second-order valence-electron chi connectivity index (χ2n) is 5.06. The molecule has 0 aliphatic heterocycles. The minimum atomic E-state index is -0.451. The molecular formula is C14H18N2O3. The van der Waals surface area contributed by atoms with Gasteiger partial charge in [-0.2, -0.15) is 0 Å². The number of carbonyl (C=O) groups excluding carboxylic acids is 1. The summed E-state index contributed by atoms with van der Waals surface area (Å²) in [6.45, 7) is 0. The molecule has 0 heterocycles. The number of nitrogens with one attached hydrogen (secondary N) is 1. The molecule has 1 saturated carbocycles. The normalized spacial score (nSPS) is 16.0. The Morgan fingerprint density at radius 1 is 1.21 bits per heavy atom. The SMILES string of the molecule is O=C(CC1CCCCC1)Nc1ccc([N+](=O)[O-])cc1. The van der Waals surface area contributed by atoms with Crippen molar-refractivity contribution in [1.29, 1.82) is 0 Å². The van der Waals surface area contributed by atoms with Gasteiger partial charge in [0.05, 0.1) is 4.92 Å². The van der Waals surface area contributed by atoms with Crippen LogP contribution in [-0.2, 0) is 4.79 Å². The van der Waals surface area contributed by atoms with Crippen molar-refractivity contribution in [2.24, 2.45) is 5.92 Å². The lowest BCUT2D eigenvalue weighted by atomic mass is 9.87. The molecule has 1 fully saturated rings. The third-order valence-electron chi connectivity index (χ3n) is 3.56. The molecule has 19 heavy (non-hydrogen) atoms. The first-order chi connectivity index (χ1) is 9.15. The molecule has 1 aromatic carbocycles. The zero-order valence-corrected chi connectivity index (χ0v) is 10.8. The number of rotatable bonds is 4. The highest BCUT2D eigenvalue weighted by atomic mass is 16.6. The Bertz CT molecular complexity index is 450. The molecular weight excluding hydrogens is 244 g/mol. The van der Waals surface area contributed by atoms with E-state index in [9.17, 15) is 14.9 Å². The second-order valence-corrected chi connectivity index (χ2v) is 5.06. The molecule has 102 valence electrons. The summed E-state index contributed by atoms with van der Waals surface area (Å²) in [5, 5.41) is 13.3. The van der Waals surface area contributed by atoms with Gasteiger partial charge in [0.2, 0.25) is 5.91 Å². The molecule has 1 aromatic rings. The third kappa shape index (κ3) is 4.05. The number of carbonyl (C=O) groups is 1. The molecule has 5 nitrogen and oxygen atoms in total. The molecule has 0 atom stereocenters. The standard InChI is InChI=1S/C14H18N2O3/c17-14(10-11-4-2-1-3-5-11)15-12-6-8-13(9-7-12)16(18)19/h6-9,11H,1-5,10H2,(H,15,17). The topological polar surface area (TPSA) is 72.2 Å². The Hall–Kier alpha value is -1.91. The van der Waals surface area contributed by atoms with E-state index < -0.39 is 4.92 Å². The van der Waals surface area contributed by atoms with Crippen molar-refractivity contribution < 1.29 is 9.72 Å². The van der Waals surface area contributed by atoms with Gasteiger partial charge in [-0.25, -0.2) is 0 Å². The summed E-state index contributed by atoms with van der Waals surface area (Å²) in [6, 6.07) is 5.93. The van der Waals surface area contributed by atoms with E-state index in [0.29, 0.717) is 18.0 Å². The number of hydrogen-bond acceptors (Lipinski definition) is 3. The average molecular weight is 262 g/mol. The average Bonchev–Trinajstić information content (AvgIpc) is 2.40. The summed E-state index contributed by atoms with van der Waals surface area (Å²) in [7, 11) is 0. The van der Waals surface area contributed by atoms with E-state index in [-0.39, 0.29) is 11.6 Å². The summed E-state index contributed by atoms with van der Waals surface area (Å²) in [6.07, 6.45) is 6.53. The Labute approximate surface area is 112 Å². The van der Waals surface area contributed by atoms with Crippen LogP contribution in [-0.4, -0.2) is 10.8 Å². The van der Waals surface area contributed by atoms with Crippen LogP contribution >= 0.6 is 0 Å². The summed E-state index contributed by atoms with van der Waals surface area (Å²) in [5.41, 5.74) is 0.650. The predicted octanol–water partition coefficient (Wildman–Crippen LogP) is 3.50. The fourth-order valence-corrected chi connectivity index (χ4v) is 2.53. The highest BCUT2D eigenvalue weighted by molar-refractivity contribution is 5.90. The highest BCUT2D eigenvalue weighted by Gasteiger charge is 2.17. The summed E-state index contributed by atoms with van der Waals surface area (Å²) < 4.78 is 0. The zero-order valence-electron chi connectivity index (χ0n) is 10.8. The quantitative estimate of drug-likeness (QED) is 0.666. The maximum atomic E-state index is 11.9. The van der Waals surface area contributed by atoms with Crippen LogP contribution in [0.2, 0.25) is 0 Å². The van der Waals surface area contributed by atoms with E-state index in [0.717, 1.165) is 12.8 Å². The molecule has 2 rings (SSSR count). The van der Waals surface area contributed by atoms with Gasteiger partial charge >= 0.3 is 0 Å². The molecule has 0 aromatic heterocycles. The first-order valence-corrected chi connectivity index (χ1v) is 6.69. The van der Waals surface area contributed by atoms with Gasteiger partial charge in [-0.1, -0.05) is 19.3 Å². The van der Waals surface area contributed by atoms with Crippen molar-refractivity contribution in [1.82, 2.24) is 0 Å². The second kappa shape index (κ2) is 6.31. The van der Waals surface area contributed by atoms with Crippen LogP contribution < -0.4 is 5.32 Å². The first-order valence-electron chi connectivity index (χ1n) is 6.69. The fraction of sp³-hybridized carbons (Fsp3) is 0.500. The fourth-order valence-electron chi connectivity index (χ4n) is 2.53. The zero-order chi connectivity index (χ0) is 13.7. The maximum Gasteiger partial charge on any atom is 0.269 e. The van der Waals surface area contributed by atoms with Crippen LogP contribution in [0.5, 0.6) is 0 Å². The number of anilines is 1. The summed E-state index contributed by atoms with van der Waals surface area (Å²) in [4.78, 5) is 21.9. The lowest BCUT2D eigenvalue weighted by molar-refractivity contribution is -0.384. The number of hydrogen-bond donors (Lipinski definition) is 1. The van der Waals surface area contributed by atoms with Gasteiger partial charge in [0.15, 0.2) is 0 Å². The molecule has 0 spiro atoms. The van der Waals surface area contributed by atoms with Gasteiger partial charge in [-0.05, 0) is 30.9 Å². The van der Waals surface area contributed by atoms with Crippen molar-refractivity contribution in [3.63, 3.8) is 0 Å². The Morgan fingerprint density at radius 2 is 1.84 bits per heavy atom. The Morgan fingerprint density at radius 3 is 2.42 bits per heavy atom. The summed E-state index contributed by atoms with van der Waals surface area (Å²) in [5.74, 6) is 0.493. The predicted molar refractivity (Wildman–Crippen MR) is 72.9 cm³/mol. The minimum Gasteiger partial charge on any atom is -0.326 e. The smallest absolute Gasteiger partial charge is 0.269 e. The van der Waals surface area contributed by atoms with Crippen molar-refractivity contribution in [3.8, 4) is 0 Å². The summed E-state index contributed by atoms with van der Waals surface area (Å²) >= 11 is 0. The number of nitro benzene ring substituents is 1. The molecule has 1 aliphatic carbocycles. The van der Waals surface area contributed by atoms with Gasteiger partial charge in [-0.3, -0.25) is 14.9 Å². The molecule has 0 saturated heterocycles. The van der Waals surface area contributed by atoms with E-state index in [1.807, 2.05) is 0 Å². The van der Waals surface area contributed by atoms with Crippen LogP contribution in [0.25, 0.3) is 0 Å². The molecule has 1 N–H and O–H groups in total. The van der Waals surface area contributed by atoms with Crippen LogP contribution in [0.3, 0.4) is 0 Å². The Kier molecular flexibility index (Phi) is 4.49. The van der Waals surface area contributed by atoms with Crippen LogP contribution in [0, 0.1) is 16.0 Å². The van der Waals surface area contributed by atoms with E-state index in [1.165, 1.54) is 31.4 Å². The molecule has 1 aliphatic rings. The van der Waals surface area contributed by atoms with Crippen molar-refractivity contribution in [2.45, 2.75) is 38.5 Å². The van der Waals surface area contributed by atoms with Crippen molar-refractivity contribution in [2.75, 3.05) is 5.32 Å². The van der Waals surface area contributed by atoms with Gasteiger partial charge in [0, 0.05) is 24.2 Å². The monoisotopic (exact) mass is 262 g/mol. The van der Waals surface area contributed by atoms with Crippen LogP contribution in [0.4, 0.5) is 11.4 Å². The molecule has 0 bridgehead atoms. The van der Waals surface area contributed by atoms with Crippen molar-refractivity contribution in [3.05, 3.63) is 34.4 Å². The highest BCUT2D eigenvalue weighted by Crippen LogP contribution is 2.26. The van der Waals surface area contributed by atoms with E-state index in [2.05, 4.69) is 5.32 Å². The lowest BCUT2D eigenvalue weighted by Gasteiger charge is -2.20. The third-order valence-corrected chi connectivity index (χ3v) is 3.56. The molecule has 1 amide bonds. The molecule has 0 unspecified atom stereocenters. The minimum absolute atomic E-state index is 0.000697.